The molecule has 1 aromatic rings. The Morgan fingerprint density at radius 1 is 1.30 bits per heavy atom. The molecular formula is C25H32OS. The van der Waals surface area contributed by atoms with Crippen LogP contribution in [0.15, 0.2) is 70.0 Å². The molecule has 0 amide bonds. The van der Waals surface area contributed by atoms with Crippen LogP contribution in [0, 0.1) is 17.3 Å². The summed E-state index contributed by atoms with van der Waals surface area (Å²) >= 11 is 1.88. The minimum absolute atomic E-state index is 0.225. The first-order valence-corrected chi connectivity index (χ1v) is 11.0. The van der Waals surface area contributed by atoms with Gasteiger partial charge in [-0.25, -0.2) is 0 Å². The van der Waals surface area contributed by atoms with Crippen molar-refractivity contribution < 1.29 is 4.79 Å². The van der Waals surface area contributed by atoms with E-state index in [4.69, 9.17) is 0 Å². The molecule has 0 aliphatic heterocycles. The van der Waals surface area contributed by atoms with Gasteiger partial charge >= 0.3 is 0 Å². The summed E-state index contributed by atoms with van der Waals surface area (Å²) in [6, 6.07) is 10.6. The molecule has 2 aliphatic carbocycles. The minimum Gasteiger partial charge on any atom is -0.299 e. The van der Waals surface area contributed by atoms with Gasteiger partial charge in [0, 0.05) is 16.7 Å². The summed E-state index contributed by atoms with van der Waals surface area (Å²) < 4.78 is 0. The van der Waals surface area contributed by atoms with Gasteiger partial charge in [-0.2, -0.15) is 0 Å². The smallest absolute Gasteiger partial charge is 0.139 e. The Morgan fingerprint density at radius 2 is 2.04 bits per heavy atom. The van der Waals surface area contributed by atoms with Crippen molar-refractivity contribution in [2.75, 3.05) is 0 Å². The van der Waals surface area contributed by atoms with Gasteiger partial charge in [0.1, 0.15) is 5.78 Å². The summed E-state index contributed by atoms with van der Waals surface area (Å²) in [6.45, 7) is 10.6. The third kappa shape index (κ3) is 4.85. The highest BCUT2D eigenvalue weighted by atomic mass is 32.2. The molecule has 1 aromatic carbocycles. The second-order valence-corrected chi connectivity index (χ2v) is 9.79. The lowest BCUT2D eigenvalue weighted by molar-refractivity contribution is -0.134. The lowest BCUT2D eigenvalue weighted by Gasteiger charge is -2.41. The summed E-state index contributed by atoms with van der Waals surface area (Å²) in [6.07, 6.45) is 10.8. The van der Waals surface area contributed by atoms with Crippen molar-refractivity contribution in [2.45, 2.75) is 64.2 Å². The van der Waals surface area contributed by atoms with Crippen LogP contribution in [0.4, 0.5) is 0 Å². The van der Waals surface area contributed by atoms with Gasteiger partial charge in [-0.1, -0.05) is 67.6 Å². The molecule has 0 spiro atoms. The SMILES string of the molecule is C=C(C)[C@@H]1CC(=O)[C@](C)(C/C=C2/C=C(Sc3ccccc3)CCC2)[C@@H](C)C1. The van der Waals surface area contributed by atoms with Crippen molar-refractivity contribution in [1.82, 2.24) is 0 Å². The zero-order valence-corrected chi connectivity index (χ0v) is 17.8. The first-order chi connectivity index (χ1) is 12.9. The summed E-state index contributed by atoms with van der Waals surface area (Å²) in [7, 11) is 0. The molecule has 2 aliphatic rings. The van der Waals surface area contributed by atoms with Crippen LogP contribution < -0.4 is 0 Å². The van der Waals surface area contributed by atoms with E-state index in [1.165, 1.54) is 21.8 Å². The highest BCUT2D eigenvalue weighted by Crippen LogP contribution is 2.45. The average Bonchev–Trinajstić information content (AvgIpc) is 2.65. The fraction of sp³-hybridized carbons (Fsp3) is 0.480. The first-order valence-electron chi connectivity index (χ1n) is 10.2. The molecule has 0 radical (unpaired) electrons. The van der Waals surface area contributed by atoms with Crippen LogP contribution in [0.3, 0.4) is 0 Å². The zero-order valence-electron chi connectivity index (χ0n) is 17.0. The molecule has 0 heterocycles. The molecule has 3 atom stereocenters. The normalized spacial score (nSPS) is 30.3. The van der Waals surface area contributed by atoms with Crippen LogP contribution in [0.5, 0.6) is 0 Å². The molecule has 27 heavy (non-hydrogen) atoms. The number of thioether (sulfide) groups is 1. The second-order valence-electron chi connectivity index (χ2n) is 8.59. The molecule has 0 N–H and O–H groups in total. The van der Waals surface area contributed by atoms with Crippen LogP contribution in [-0.4, -0.2) is 5.78 Å². The monoisotopic (exact) mass is 380 g/mol. The lowest BCUT2D eigenvalue weighted by Crippen LogP contribution is -2.41. The highest BCUT2D eigenvalue weighted by molar-refractivity contribution is 8.03. The number of carbonyl (C=O) groups excluding carboxylic acids is 1. The molecule has 0 saturated heterocycles. The van der Waals surface area contributed by atoms with Crippen molar-refractivity contribution in [3.63, 3.8) is 0 Å². The number of Topliss-reactive ketones (excluding diaryl/α,β-unsaturated/α-hetero) is 1. The second kappa shape index (κ2) is 8.65. The van der Waals surface area contributed by atoms with Crippen molar-refractivity contribution >= 4 is 17.5 Å². The molecule has 1 saturated carbocycles. The van der Waals surface area contributed by atoms with Crippen LogP contribution in [-0.2, 0) is 4.79 Å². The fourth-order valence-electron chi connectivity index (χ4n) is 4.23. The van der Waals surface area contributed by atoms with Gasteiger partial charge in [-0.3, -0.25) is 4.79 Å². The number of benzene rings is 1. The van der Waals surface area contributed by atoms with Crippen LogP contribution in [0.1, 0.15) is 59.3 Å². The van der Waals surface area contributed by atoms with Gasteiger partial charge in [0.15, 0.2) is 0 Å². The van der Waals surface area contributed by atoms with Gasteiger partial charge in [-0.05, 0) is 74.0 Å². The predicted molar refractivity (Wildman–Crippen MR) is 117 cm³/mol. The predicted octanol–water partition coefficient (Wildman–Crippen LogP) is 7.36. The van der Waals surface area contributed by atoms with Crippen molar-refractivity contribution in [1.29, 1.82) is 0 Å². The van der Waals surface area contributed by atoms with E-state index >= 15 is 0 Å². The van der Waals surface area contributed by atoms with E-state index in [1.807, 2.05) is 11.8 Å². The molecular weight excluding hydrogens is 348 g/mol. The number of allylic oxidation sites excluding steroid dienone is 5. The van der Waals surface area contributed by atoms with Gasteiger partial charge in [0.05, 0.1) is 0 Å². The molecule has 2 heteroatoms. The maximum absolute atomic E-state index is 12.9. The first kappa shape index (κ1) is 20.2. The fourth-order valence-corrected chi connectivity index (χ4v) is 5.29. The maximum Gasteiger partial charge on any atom is 0.139 e. The van der Waals surface area contributed by atoms with E-state index in [0.29, 0.717) is 24.0 Å². The quantitative estimate of drug-likeness (QED) is 0.496. The standard InChI is InChI=1S/C25H32OS/c1-18(2)21-15-19(3)25(4,24(26)17-21)14-13-20-9-8-12-23(16-20)27-22-10-6-5-7-11-22/h5-7,10-11,13,16,19,21H,1,8-9,12,14-15,17H2,2-4H3/b20-13+/t19-,21-,25+/m0/s1. The van der Waals surface area contributed by atoms with Crippen LogP contribution in [0.25, 0.3) is 0 Å². The van der Waals surface area contributed by atoms with Crippen LogP contribution >= 0.6 is 11.8 Å². The van der Waals surface area contributed by atoms with Crippen molar-refractivity contribution in [3.8, 4) is 0 Å². The molecule has 3 rings (SSSR count). The van der Waals surface area contributed by atoms with E-state index < -0.39 is 0 Å². The van der Waals surface area contributed by atoms with Gasteiger partial charge < -0.3 is 0 Å². The number of ketones is 1. The minimum atomic E-state index is -0.225. The Labute approximate surface area is 169 Å². The summed E-state index contributed by atoms with van der Waals surface area (Å²) in [5.41, 5.74) is 2.34. The van der Waals surface area contributed by atoms with E-state index in [9.17, 15) is 4.79 Å². The molecule has 0 aromatic heterocycles. The summed E-state index contributed by atoms with van der Waals surface area (Å²) in [5.74, 6) is 1.20. The Morgan fingerprint density at radius 3 is 2.70 bits per heavy atom. The molecule has 1 nitrogen and oxygen atoms in total. The maximum atomic E-state index is 12.9. The molecule has 0 unspecified atom stereocenters. The van der Waals surface area contributed by atoms with E-state index in [-0.39, 0.29) is 5.41 Å². The number of hydrogen-bond donors (Lipinski definition) is 0. The Balaban J connectivity index is 1.70. The topological polar surface area (TPSA) is 17.1 Å². The number of rotatable bonds is 5. The Kier molecular flexibility index (Phi) is 6.47. The lowest BCUT2D eigenvalue weighted by atomic mass is 9.61. The largest absolute Gasteiger partial charge is 0.299 e. The molecule has 0 bridgehead atoms. The third-order valence-corrected chi connectivity index (χ3v) is 7.60. The van der Waals surface area contributed by atoms with E-state index in [0.717, 1.165) is 31.3 Å². The Hall–Kier alpha value is -1.54. The van der Waals surface area contributed by atoms with Gasteiger partial charge in [0.2, 0.25) is 0 Å². The molecule has 144 valence electrons. The third-order valence-electron chi connectivity index (χ3n) is 6.51. The van der Waals surface area contributed by atoms with Crippen molar-refractivity contribution in [3.05, 3.63) is 65.1 Å². The number of hydrogen-bond acceptors (Lipinski definition) is 2. The Bertz CT molecular complexity index is 758. The van der Waals surface area contributed by atoms with E-state index in [1.54, 1.807) is 0 Å². The van der Waals surface area contributed by atoms with Gasteiger partial charge in [-0.15, -0.1) is 0 Å². The average molecular weight is 381 g/mol. The van der Waals surface area contributed by atoms with Gasteiger partial charge in [0.25, 0.3) is 0 Å². The van der Waals surface area contributed by atoms with E-state index in [2.05, 4.69) is 69.8 Å². The highest BCUT2D eigenvalue weighted by Gasteiger charge is 2.43. The molecule has 1 fully saturated rings. The zero-order chi connectivity index (χ0) is 19.4. The van der Waals surface area contributed by atoms with Crippen LogP contribution in [0.2, 0.25) is 0 Å². The van der Waals surface area contributed by atoms with Crippen molar-refractivity contribution in [2.24, 2.45) is 17.3 Å². The summed E-state index contributed by atoms with van der Waals surface area (Å²) in [5, 5.41) is 0. The summed E-state index contributed by atoms with van der Waals surface area (Å²) in [4.78, 5) is 15.7. The number of carbonyl (C=O) groups is 1.